The Hall–Kier alpha value is -3.22. The minimum Gasteiger partial charge on any atom is -0.469 e. The first-order valence-corrected chi connectivity index (χ1v) is 8.84. The Kier molecular flexibility index (Phi) is 7.26. The highest BCUT2D eigenvalue weighted by Gasteiger charge is 2.20. The molecule has 28 heavy (non-hydrogen) atoms. The highest BCUT2D eigenvalue weighted by Crippen LogP contribution is 2.19. The van der Waals surface area contributed by atoms with E-state index in [2.05, 4.69) is 15.4 Å². The number of halogens is 1. The molecule has 1 atom stereocenters. The summed E-state index contributed by atoms with van der Waals surface area (Å²) < 4.78 is 17.9. The van der Waals surface area contributed by atoms with E-state index in [-0.39, 0.29) is 18.2 Å². The lowest BCUT2D eigenvalue weighted by Gasteiger charge is -2.18. The fraction of sp³-hybridized carbons (Fsp3) is 0.286. The van der Waals surface area contributed by atoms with Gasteiger partial charge in [-0.25, -0.2) is 4.39 Å². The number of esters is 1. The molecule has 2 rings (SSSR count). The summed E-state index contributed by atoms with van der Waals surface area (Å²) in [5, 5.41) is 5.51. The number of ether oxygens (including phenoxy) is 1. The quantitative estimate of drug-likeness (QED) is 0.714. The van der Waals surface area contributed by atoms with Gasteiger partial charge < -0.3 is 15.4 Å². The average Bonchev–Trinajstić information content (AvgIpc) is 2.68. The van der Waals surface area contributed by atoms with Gasteiger partial charge in [0, 0.05) is 17.2 Å². The third kappa shape index (κ3) is 5.90. The van der Waals surface area contributed by atoms with Gasteiger partial charge >= 0.3 is 5.97 Å². The Morgan fingerprint density at radius 1 is 1.00 bits per heavy atom. The number of carbonyl (C=O) groups is 3. The molecule has 0 heterocycles. The van der Waals surface area contributed by atoms with Crippen LogP contribution in [0.3, 0.4) is 0 Å². The molecule has 0 saturated carbocycles. The molecule has 0 fully saturated rings. The molecule has 0 bridgehead atoms. The summed E-state index contributed by atoms with van der Waals surface area (Å²) in [5.41, 5.74) is 1.53. The molecule has 6 nitrogen and oxygen atoms in total. The molecule has 2 N–H and O–H groups in total. The first-order chi connectivity index (χ1) is 13.3. The molecule has 0 spiro atoms. The van der Waals surface area contributed by atoms with Gasteiger partial charge in [0.2, 0.25) is 5.91 Å². The first kappa shape index (κ1) is 21.1. The fourth-order valence-corrected chi connectivity index (χ4v) is 2.43. The molecule has 2 amide bonds. The molecule has 0 aliphatic heterocycles. The maximum absolute atomic E-state index is 13.2. The molecule has 0 aliphatic carbocycles. The predicted molar refractivity (Wildman–Crippen MR) is 103 cm³/mol. The van der Waals surface area contributed by atoms with Gasteiger partial charge in [-0.2, -0.15) is 0 Å². The van der Waals surface area contributed by atoms with Crippen molar-refractivity contribution >= 4 is 23.5 Å². The van der Waals surface area contributed by atoms with E-state index in [1.807, 2.05) is 0 Å². The molecule has 0 aliphatic rings. The number of rotatable bonds is 7. The molecule has 0 aromatic heterocycles. The summed E-state index contributed by atoms with van der Waals surface area (Å²) in [6.07, 6.45) is -0.0869. The number of nitrogens with one attached hydrogen (secondary N) is 2. The molecule has 2 aromatic carbocycles. The lowest BCUT2D eigenvalue weighted by atomic mass is 10.0. The maximum Gasteiger partial charge on any atom is 0.307 e. The monoisotopic (exact) mass is 386 g/mol. The van der Waals surface area contributed by atoms with Crippen LogP contribution in [-0.4, -0.2) is 24.9 Å². The van der Waals surface area contributed by atoms with Crippen molar-refractivity contribution in [3.8, 4) is 0 Å². The number of benzene rings is 2. The molecule has 0 radical (unpaired) electrons. The lowest BCUT2D eigenvalue weighted by molar-refractivity contribution is -0.141. The summed E-state index contributed by atoms with van der Waals surface area (Å²) in [5.74, 6) is -1.59. The van der Waals surface area contributed by atoms with Crippen LogP contribution in [0.2, 0.25) is 0 Å². The SMILES string of the molecule is COC(=O)CC(NC(=O)c1ccc(NC(=O)C(C)C)cc1)c1ccc(F)cc1. The van der Waals surface area contributed by atoms with Crippen LogP contribution in [0.25, 0.3) is 0 Å². The Labute approximate surface area is 163 Å². The van der Waals surface area contributed by atoms with Crippen molar-refractivity contribution in [3.63, 3.8) is 0 Å². The number of hydrogen-bond acceptors (Lipinski definition) is 4. The molecule has 2 aromatic rings. The third-order valence-electron chi connectivity index (χ3n) is 4.12. The predicted octanol–water partition coefficient (Wildman–Crippen LogP) is 3.45. The van der Waals surface area contributed by atoms with Gasteiger partial charge in [0.15, 0.2) is 0 Å². The van der Waals surface area contributed by atoms with E-state index in [4.69, 9.17) is 0 Å². The van der Waals surface area contributed by atoms with E-state index in [0.717, 1.165) is 0 Å². The molecule has 148 valence electrons. The van der Waals surface area contributed by atoms with Crippen molar-refractivity contribution in [1.29, 1.82) is 0 Å². The average molecular weight is 386 g/mol. The van der Waals surface area contributed by atoms with Gasteiger partial charge in [0.1, 0.15) is 5.82 Å². The van der Waals surface area contributed by atoms with E-state index >= 15 is 0 Å². The summed E-state index contributed by atoms with van der Waals surface area (Å²) in [6.45, 7) is 3.57. The standard InChI is InChI=1S/C21H23FN2O4/c1-13(2)20(26)23-17-10-6-15(7-11-17)21(27)24-18(12-19(25)28-3)14-4-8-16(22)9-5-14/h4-11,13,18H,12H2,1-3H3,(H,23,26)(H,24,27). The van der Waals surface area contributed by atoms with Crippen molar-refractivity contribution in [3.05, 3.63) is 65.5 Å². The van der Waals surface area contributed by atoms with Crippen LogP contribution in [0, 0.1) is 11.7 Å². The second kappa shape index (κ2) is 9.64. The molecule has 1 unspecified atom stereocenters. The number of carbonyl (C=O) groups excluding carboxylic acids is 3. The van der Waals surface area contributed by atoms with Gasteiger partial charge in [0.05, 0.1) is 19.6 Å². The summed E-state index contributed by atoms with van der Waals surface area (Å²) >= 11 is 0. The zero-order valence-corrected chi connectivity index (χ0v) is 16.0. The highest BCUT2D eigenvalue weighted by atomic mass is 19.1. The van der Waals surface area contributed by atoms with Crippen molar-refractivity contribution in [2.75, 3.05) is 12.4 Å². The molecule has 0 saturated heterocycles. The second-order valence-corrected chi connectivity index (χ2v) is 6.58. The van der Waals surface area contributed by atoms with E-state index in [1.54, 1.807) is 38.1 Å². The Morgan fingerprint density at radius 3 is 2.14 bits per heavy atom. The second-order valence-electron chi connectivity index (χ2n) is 6.58. The van der Waals surface area contributed by atoms with Crippen molar-refractivity contribution < 1.29 is 23.5 Å². The van der Waals surface area contributed by atoms with Crippen LogP contribution < -0.4 is 10.6 Å². The third-order valence-corrected chi connectivity index (χ3v) is 4.12. The Bertz CT molecular complexity index is 832. The van der Waals surface area contributed by atoms with Crippen molar-refractivity contribution in [2.24, 2.45) is 5.92 Å². The van der Waals surface area contributed by atoms with E-state index in [1.165, 1.54) is 31.4 Å². The highest BCUT2D eigenvalue weighted by molar-refractivity contribution is 5.96. The fourth-order valence-electron chi connectivity index (χ4n) is 2.43. The number of hydrogen-bond donors (Lipinski definition) is 2. The smallest absolute Gasteiger partial charge is 0.307 e. The summed E-state index contributed by atoms with van der Waals surface area (Å²) in [4.78, 5) is 36.0. The zero-order valence-electron chi connectivity index (χ0n) is 16.0. The summed E-state index contributed by atoms with van der Waals surface area (Å²) in [7, 11) is 1.26. The van der Waals surface area contributed by atoms with Gasteiger partial charge in [-0.15, -0.1) is 0 Å². The topological polar surface area (TPSA) is 84.5 Å². The van der Waals surface area contributed by atoms with Crippen molar-refractivity contribution in [1.82, 2.24) is 5.32 Å². The summed E-state index contributed by atoms with van der Waals surface area (Å²) in [6, 6.07) is 11.3. The maximum atomic E-state index is 13.2. The van der Waals surface area contributed by atoms with Crippen molar-refractivity contribution in [2.45, 2.75) is 26.3 Å². The lowest BCUT2D eigenvalue weighted by Crippen LogP contribution is -2.30. The zero-order chi connectivity index (χ0) is 20.7. The molecular weight excluding hydrogens is 363 g/mol. The number of amides is 2. The van der Waals surface area contributed by atoms with Crippen LogP contribution in [0.5, 0.6) is 0 Å². The van der Waals surface area contributed by atoms with Crippen LogP contribution in [-0.2, 0) is 14.3 Å². The van der Waals surface area contributed by atoms with Crippen LogP contribution in [0.1, 0.15) is 42.2 Å². The largest absolute Gasteiger partial charge is 0.469 e. The van der Waals surface area contributed by atoms with Gasteiger partial charge in [-0.05, 0) is 42.0 Å². The van der Waals surface area contributed by atoms with Gasteiger partial charge in [0.25, 0.3) is 5.91 Å². The minimum atomic E-state index is -0.666. The Morgan fingerprint density at radius 2 is 1.61 bits per heavy atom. The van der Waals surface area contributed by atoms with E-state index in [9.17, 15) is 18.8 Å². The molecular formula is C21H23FN2O4. The van der Waals surface area contributed by atoms with Gasteiger partial charge in [-0.3, -0.25) is 14.4 Å². The number of anilines is 1. The van der Waals surface area contributed by atoms with Crippen LogP contribution in [0.15, 0.2) is 48.5 Å². The Balaban J connectivity index is 2.12. The van der Waals surface area contributed by atoms with Crippen LogP contribution in [0.4, 0.5) is 10.1 Å². The van der Waals surface area contributed by atoms with E-state index in [0.29, 0.717) is 16.8 Å². The minimum absolute atomic E-state index is 0.0869. The van der Waals surface area contributed by atoms with Gasteiger partial charge in [-0.1, -0.05) is 26.0 Å². The number of methoxy groups -OCH3 is 1. The first-order valence-electron chi connectivity index (χ1n) is 8.84. The normalized spacial score (nSPS) is 11.6. The van der Waals surface area contributed by atoms with E-state index < -0.39 is 23.7 Å². The molecule has 7 heteroatoms. The van der Waals surface area contributed by atoms with Crippen LogP contribution >= 0.6 is 0 Å².